The van der Waals surface area contributed by atoms with Crippen LogP contribution in [0.4, 0.5) is 4.48 Å². The van der Waals surface area contributed by atoms with E-state index in [1.807, 2.05) is 0 Å². The first-order valence-corrected chi connectivity index (χ1v) is 2.12. The molecule has 0 aliphatic rings. The van der Waals surface area contributed by atoms with Crippen LogP contribution in [0.3, 0.4) is 0 Å². The van der Waals surface area contributed by atoms with Gasteiger partial charge in [-0.1, -0.05) is 4.48 Å². The number of rotatable bonds is 1. The molecule has 0 rings (SSSR count). The maximum atomic E-state index is 11.7. The number of hydrogen-bond donors (Lipinski definition) is 0. The first-order chi connectivity index (χ1) is 3.18. The highest BCUT2D eigenvalue weighted by atomic mass is 19.2. The minimum atomic E-state index is -0.539. The number of carbonyl (C=O) groups excluding carboxylic acids is 1. The zero-order valence-corrected chi connectivity index (χ0v) is 4.44. The average Bonchev–Trinajstić information content (AvgIpc) is 1.65. The molecule has 1 amide bonds. The maximum absolute atomic E-state index is 11.7. The van der Waals surface area contributed by atoms with Crippen LogP contribution < -0.4 is 0 Å². The summed E-state index contributed by atoms with van der Waals surface area (Å²) in [5.74, 6) is -0.539. The predicted octanol–water partition coefficient (Wildman–Crippen LogP) is 0.739. The third-order valence-corrected chi connectivity index (χ3v) is 0.619. The highest BCUT2D eigenvalue weighted by Gasteiger charge is 1.99. The minimum Gasteiger partial charge on any atom is -0.273 e. The second kappa shape index (κ2) is 2.55. The van der Waals surface area contributed by atoms with Crippen LogP contribution in [-0.2, 0) is 4.79 Å². The standard InChI is InChI=1S/C4H8FNO/c1-3-6(5)4(2)7/h3H2,1-2H3. The Kier molecular flexibility index (Phi) is 2.33. The van der Waals surface area contributed by atoms with Crippen LogP contribution in [-0.4, -0.2) is 17.6 Å². The van der Waals surface area contributed by atoms with Gasteiger partial charge in [-0.25, -0.2) is 0 Å². The fourth-order valence-corrected chi connectivity index (χ4v) is 0.223. The summed E-state index contributed by atoms with van der Waals surface area (Å²) in [6.07, 6.45) is 0. The first kappa shape index (κ1) is 6.40. The molecule has 0 saturated heterocycles. The monoisotopic (exact) mass is 105 g/mol. The Morgan fingerprint density at radius 3 is 2.29 bits per heavy atom. The highest BCUT2D eigenvalue weighted by Crippen LogP contribution is 1.85. The van der Waals surface area contributed by atoms with E-state index in [1.54, 1.807) is 6.92 Å². The highest BCUT2D eigenvalue weighted by molar-refractivity contribution is 5.71. The van der Waals surface area contributed by atoms with E-state index in [-0.39, 0.29) is 11.7 Å². The van der Waals surface area contributed by atoms with Gasteiger partial charge in [0.1, 0.15) is 0 Å². The van der Waals surface area contributed by atoms with Gasteiger partial charge in [-0.15, -0.1) is 0 Å². The van der Waals surface area contributed by atoms with Gasteiger partial charge in [0.25, 0.3) is 0 Å². The molecule has 2 nitrogen and oxygen atoms in total. The van der Waals surface area contributed by atoms with Gasteiger partial charge in [0, 0.05) is 6.92 Å². The summed E-state index contributed by atoms with van der Waals surface area (Å²) in [5, 5.41) is 0.153. The molecule has 0 atom stereocenters. The van der Waals surface area contributed by atoms with E-state index in [4.69, 9.17) is 0 Å². The first-order valence-electron chi connectivity index (χ1n) is 2.12. The Bertz CT molecular complexity index is 74.1. The van der Waals surface area contributed by atoms with Crippen molar-refractivity contribution in [1.29, 1.82) is 0 Å². The lowest BCUT2D eigenvalue weighted by Gasteiger charge is -2.01. The molecule has 42 valence electrons. The SMILES string of the molecule is CCN(F)C(C)=O. The summed E-state index contributed by atoms with van der Waals surface area (Å²) >= 11 is 0. The number of halogens is 1. The molecule has 0 aromatic carbocycles. The van der Waals surface area contributed by atoms with Crippen molar-refractivity contribution in [3.05, 3.63) is 0 Å². The van der Waals surface area contributed by atoms with Crippen molar-refractivity contribution in [2.45, 2.75) is 13.8 Å². The Morgan fingerprint density at radius 2 is 2.29 bits per heavy atom. The normalized spacial score (nSPS) is 8.43. The largest absolute Gasteiger partial charge is 0.273 e. The van der Waals surface area contributed by atoms with E-state index in [9.17, 15) is 9.28 Å². The lowest BCUT2D eigenvalue weighted by Crippen LogP contribution is -2.17. The van der Waals surface area contributed by atoms with E-state index in [0.717, 1.165) is 0 Å². The van der Waals surface area contributed by atoms with E-state index in [1.165, 1.54) is 6.92 Å². The quantitative estimate of drug-likeness (QED) is 0.450. The van der Waals surface area contributed by atoms with Crippen molar-refractivity contribution in [1.82, 2.24) is 5.12 Å². The van der Waals surface area contributed by atoms with Crippen LogP contribution >= 0.6 is 0 Å². The molecule has 0 radical (unpaired) electrons. The van der Waals surface area contributed by atoms with Crippen molar-refractivity contribution in [3.8, 4) is 0 Å². The van der Waals surface area contributed by atoms with Gasteiger partial charge in [-0.05, 0) is 6.92 Å². The Labute approximate surface area is 41.9 Å². The van der Waals surface area contributed by atoms with Crippen molar-refractivity contribution >= 4 is 5.91 Å². The molecule has 0 unspecified atom stereocenters. The van der Waals surface area contributed by atoms with Crippen LogP contribution in [0.2, 0.25) is 0 Å². The third kappa shape index (κ3) is 2.14. The van der Waals surface area contributed by atoms with Crippen molar-refractivity contribution in [2.75, 3.05) is 6.54 Å². The Balaban J connectivity index is 3.34. The molecule has 0 saturated carbocycles. The van der Waals surface area contributed by atoms with E-state index < -0.39 is 5.91 Å². The predicted molar refractivity (Wildman–Crippen MR) is 24.2 cm³/mol. The molecule has 0 heterocycles. The van der Waals surface area contributed by atoms with Crippen LogP contribution in [0, 0.1) is 0 Å². The van der Waals surface area contributed by atoms with Gasteiger partial charge in [0.05, 0.1) is 6.54 Å². The second-order valence-corrected chi connectivity index (χ2v) is 1.20. The van der Waals surface area contributed by atoms with Crippen molar-refractivity contribution in [3.63, 3.8) is 0 Å². The fraction of sp³-hybridized carbons (Fsp3) is 0.750. The second-order valence-electron chi connectivity index (χ2n) is 1.20. The summed E-state index contributed by atoms with van der Waals surface area (Å²) in [4.78, 5) is 9.93. The third-order valence-electron chi connectivity index (χ3n) is 0.619. The van der Waals surface area contributed by atoms with Crippen molar-refractivity contribution < 1.29 is 9.28 Å². The number of carbonyl (C=O) groups is 1. The molecule has 0 aliphatic heterocycles. The molecule has 0 bridgehead atoms. The summed E-state index contributed by atoms with van der Waals surface area (Å²) in [5.41, 5.74) is 0. The summed E-state index contributed by atoms with van der Waals surface area (Å²) in [6.45, 7) is 2.89. The van der Waals surface area contributed by atoms with E-state index in [2.05, 4.69) is 0 Å². The Hall–Kier alpha value is -0.600. The lowest BCUT2D eigenvalue weighted by molar-refractivity contribution is -0.143. The molecule has 0 aromatic rings. The van der Waals surface area contributed by atoms with E-state index >= 15 is 0 Å². The smallest absolute Gasteiger partial charge is 0.247 e. The van der Waals surface area contributed by atoms with Gasteiger partial charge >= 0.3 is 0 Å². The summed E-state index contributed by atoms with van der Waals surface area (Å²) in [6, 6.07) is 0. The number of hydrogen-bond acceptors (Lipinski definition) is 1. The van der Waals surface area contributed by atoms with E-state index in [0.29, 0.717) is 0 Å². The van der Waals surface area contributed by atoms with Gasteiger partial charge in [0.2, 0.25) is 5.91 Å². The molecule has 0 N–H and O–H groups in total. The zero-order chi connectivity index (χ0) is 5.86. The van der Waals surface area contributed by atoms with Crippen molar-refractivity contribution in [2.24, 2.45) is 0 Å². The molecule has 0 spiro atoms. The lowest BCUT2D eigenvalue weighted by atomic mass is 10.6. The molecule has 3 heteroatoms. The molecule has 0 fully saturated rings. The Morgan fingerprint density at radius 1 is 1.86 bits per heavy atom. The van der Waals surface area contributed by atoms with Crippen LogP contribution in [0.25, 0.3) is 0 Å². The van der Waals surface area contributed by atoms with Gasteiger partial charge in [0.15, 0.2) is 0 Å². The zero-order valence-electron chi connectivity index (χ0n) is 4.44. The number of amides is 1. The summed E-state index contributed by atoms with van der Waals surface area (Å²) in [7, 11) is 0. The minimum absolute atomic E-state index is 0.134. The topological polar surface area (TPSA) is 20.3 Å². The molecule has 0 aliphatic carbocycles. The molecular formula is C4H8FNO. The van der Waals surface area contributed by atoms with Gasteiger partial charge < -0.3 is 0 Å². The average molecular weight is 105 g/mol. The maximum Gasteiger partial charge on any atom is 0.247 e. The summed E-state index contributed by atoms with van der Waals surface area (Å²) < 4.78 is 11.7. The van der Waals surface area contributed by atoms with Crippen LogP contribution in [0.1, 0.15) is 13.8 Å². The van der Waals surface area contributed by atoms with Gasteiger partial charge in [-0.3, -0.25) is 4.79 Å². The molecule has 0 aromatic heterocycles. The fourth-order valence-electron chi connectivity index (χ4n) is 0.223. The molecular weight excluding hydrogens is 97.0 g/mol. The van der Waals surface area contributed by atoms with Crippen LogP contribution in [0.5, 0.6) is 0 Å². The number of nitrogens with zero attached hydrogens (tertiary/aromatic N) is 1. The van der Waals surface area contributed by atoms with Crippen LogP contribution in [0.15, 0.2) is 0 Å². The van der Waals surface area contributed by atoms with Gasteiger partial charge in [-0.2, -0.15) is 5.12 Å². The molecule has 7 heavy (non-hydrogen) atoms.